The molecule has 0 spiro atoms. The summed E-state index contributed by atoms with van der Waals surface area (Å²) in [5.74, 6) is 0.599. The van der Waals surface area contributed by atoms with Crippen molar-refractivity contribution in [1.82, 2.24) is 10.6 Å². The van der Waals surface area contributed by atoms with Crippen molar-refractivity contribution < 1.29 is 14.3 Å². The van der Waals surface area contributed by atoms with Gasteiger partial charge in [-0.25, -0.2) is 4.79 Å². The number of carbonyl (C=O) groups excluding carboxylic acids is 2. The fourth-order valence-corrected chi connectivity index (χ4v) is 3.06. The number of hydrogen-bond donors (Lipinski definition) is 2. The predicted octanol–water partition coefficient (Wildman–Crippen LogP) is 3.61. The lowest BCUT2D eigenvalue weighted by atomic mass is 9.83. The molecule has 1 atom stereocenters. The zero-order chi connectivity index (χ0) is 16.8. The summed E-state index contributed by atoms with van der Waals surface area (Å²) in [6.45, 7) is 1.62. The SMILES string of the molecule is CNC(=O)NC(=O)[C@H](C)Oc1ccc(Cl)cc1C1CCCCC1. The highest BCUT2D eigenvalue weighted by molar-refractivity contribution is 6.30. The van der Waals surface area contributed by atoms with E-state index in [2.05, 4.69) is 10.6 Å². The number of hydrogen-bond acceptors (Lipinski definition) is 3. The Morgan fingerprint density at radius 3 is 2.61 bits per heavy atom. The maximum atomic E-state index is 11.9. The molecule has 1 fully saturated rings. The molecule has 23 heavy (non-hydrogen) atoms. The van der Waals surface area contributed by atoms with Gasteiger partial charge in [-0.15, -0.1) is 0 Å². The molecule has 3 amide bonds. The number of halogens is 1. The maximum absolute atomic E-state index is 11.9. The quantitative estimate of drug-likeness (QED) is 0.881. The van der Waals surface area contributed by atoms with Crippen LogP contribution in [0.1, 0.15) is 50.5 Å². The lowest BCUT2D eigenvalue weighted by Gasteiger charge is -2.25. The van der Waals surface area contributed by atoms with Gasteiger partial charge >= 0.3 is 6.03 Å². The highest BCUT2D eigenvalue weighted by Gasteiger charge is 2.23. The fraction of sp³-hybridized carbons (Fsp3) is 0.529. The van der Waals surface area contributed by atoms with Crippen molar-refractivity contribution in [2.75, 3.05) is 7.05 Å². The Kier molecular flexibility index (Phi) is 6.28. The largest absolute Gasteiger partial charge is 0.481 e. The average molecular weight is 339 g/mol. The van der Waals surface area contributed by atoms with Gasteiger partial charge in [-0.1, -0.05) is 30.9 Å². The molecule has 1 aliphatic rings. The molecule has 1 saturated carbocycles. The second-order valence-electron chi connectivity index (χ2n) is 5.85. The number of benzene rings is 1. The summed E-state index contributed by atoms with van der Waals surface area (Å²) in [6.07, 6.45) is 5.10. The molecule has 0 unspecified atom stereocenters. The number of carbonyl (C=O) groups is 2. The number of amides is 3. The number of imide groups is 1. The zero-order valence-electron chi connectivity index (χ0n) is 13.5. The molecule has 0 aliphatic heterocycles. The summed E-state index contributed by atoms with van der Waals surface area (Å²) in [6, 6.07) is 4.94. The maximum Gasteiger partial charge on any atom is 0.321 e. The van der Waals surface area contributed by atoms with Crippen molar-refractivity contribution in [3.05, 3.63) is 28.8 Å². The van der Waals surface area contributed by atoms with Gasteiger partial charge in [0.2, 0.25) is 0 Å². The van der Waals surface area contributed by atoms with E-state index < -0.39 is 18.0 Å². The minimum Gasteiger partial charge on any atom is -0.481 e. The minimum atomic E-state index is -0.768. The summed E-state index contributed by atoms with van der Waals surface area (Å²) in [7, 11) is 1.45. The highest BCUT2D eigenvalue weighted by atomic mass is 35.5. The lowest BCUT2D eigenvalue weighted by Crippen LogP contribution is -2.44. The third-order valence-corrected chi connectivity index (χ3v) is 4.39. The average Bonchev–Trinajstić information content (AvgIpc) is 2.56. The first-order valence-corrected chi connectivity index (χ1v) is 8.37. The molecule has 0 aromatic heterocycles. The summed E-state index contributed by atoms with van der Waals surface area (Å²) in [5, 5.41) is 5.23. The lowest BCUT2D eigenvalue weighted by molar-refractivity contribution is -0.126. The molecule has 1 aliphatic carbocycles. The number of urea groups is 1. The van der Waals surface area contributed by atoms with Gasteiger partial charge in [0, 0.05) is 12.1 Å². The first-order valence-electron chi connectivity index (χ1n) is 8.00. The molecule has 0 saturated heterocycles. The molecular formula is C17H23ClN2O3. The Bertz CT molecular complexity index is 571. The van der Waals surface area contributed by atoms with Crippen LogP contribution in [0, 0.1) is 0 Å². The molecule has 0 heterocycles. The van der Waals surface area contributed by atoms with E-state index in [4.69, 9.17) is 16.3 Å². The van der Waals surface area contributed by atoms with Gasteiger partial charge in [0.05, 0.1) is 0 Å². The van der Waals surface area contributed by atoms with Crippen LogP contribution in [0.5, 0.6) is 5.75 Å². The van der Waals surface area contributed by atoms with Gasteiger partial charge in [-0.3, -0.25) is 10.1 Å². The van der Waals surface area contributed by atoms with E-state index in [1.54, 1.807) is 19.1 Å². The van der Waals surface area contributed by atoms with E-state index in [-0.39, 0.29) is 0 Å². The second-order valence-corrected chi connectivity index (χ2v) is 6.28. The van der Waals surface area contributed by atoms with E-state index in [9.17, 15) is 9.59 Å². The standard InChI is InChI=1S/C17H23ClN2O3/c1-11(16(21)20-17(22)19-2)23-15-9-8-13(18)10-14(15)12-6-4-3-5-7-12/h8-12H,3-7H2,1-2H3,(H2,19,20,21,22)/t11-/m0/s1. The Hall–Kier alpha value is -1.75. The van der Waals surface area contributed by atoms with Crippen molar-refractivity contribution in [3.63, 3.8) is 0 Å². The molecule has 2 N–H and O–H groups in total. The van der Waals surface area contributed by atoms with Crippen LogP contribution in [0.2, 0.25) is 5.02 Å². The van der Waals surface area contributed by atoms with Gasteiger partial charge in [0.15, 0.2) is 6.10 Å². The molecular weight excluding hydrogens is 316 g/mol. The summed E-state index contributed by atoms with van der Waals surface area (Å²) in [5.41, 5.74) is 1.05. The molecule has 2 rings (SSSR count). The van der Waals surface area contributed by atoms with E-state index in [1.165, 1.54) is 26.3 Å². The van der Waals surface area contributed by atoms with Crippen LogP contribution in [0.3, 0.4) is 0 Å². The molecule has 0 bridgehead atoms. The number of nitrogens with one attached hydrogen (secondary N) is 2. The molecule has 1 aromatic carbocycles. The van der Waals surface area contributed by atoms with Gasteiger partial charge < -0.3 is 10.1 Å². The van der Waals surface area contributed by atoms with E-state index in [0.717, 1.165) is 18.4 Å². The Labute approximate surface area is 141 Å². The summed E-state index contributed by atoms with van der Waals surface area (Å²) < 4.78 is 5.81. The van der Waals surface area contributed by atoms with E-state index in [1.807, 2.05) is 6.07 Å². The van der Waals surface area contributed by atoms with Crippen LogP contribution in [-0.4, -0.2) is 25.1 Å². The molecule has 5 nitrogen and oxygen atoms in total. The summed E-state index contributed by atoms with van der Waals surface area (Å²) >= 11 is 6.14. The number of ether oxygens (including phenoxy) is 1. The minimum absolute atomic E-state index is 0.409. The smallest absolute Gasteiger partial charge is 0.321 e. The molecule has 0 radical (unpaired) electrons. The van der Waals surface area contributed by atoms with Gasteiger partial charge in [-0.05, 0) is 49.4 Å². The monoisotopic (exact) mass is 338 g/mol. The fourth-order valence-electron chi connectivity index (χ4n) is 2.88. The Morgan fingerprint density at radius 2 is 1.96 bits per heavy atom. The first kappa shape index (κ1) is 17.6. The second kappa shape index (κ2) is 8.20. The zero-order valence-corrected chi connectivity index (χ0v) is 14.3. The highest BCUT2D eigenvalue weighted by Crippen LogP contribution is 2.39. The molecule has 126 valence electrons. The summed E-state index contributed by atoms with van der Waals surface area (Å²) in [4.78, 5) is 23.2. The van der Waals surface area contributed by atoms with Crippen LogP contribution in [0.4, 0.5) is 4.79 Å². The van der Waals surface area contributed by atoms with Crippen molar-refractivity contribution >= 4 is 23.5 Å². The van der Waals surface area contributed by atoms with Crippen molar-refractivity contribution in [1.29, 1.82) is 0 Å². The molecule has 6 heteroatoms. The van der Waals surface area contributed by atoms with Crippen molar-refractivity contribution in [2.45, 2.75) is 51.0 Å². The predicted molar refractivity (Wildman–Crippen MR) is 90.0 cm³/mol. The topological polar surface area (TPSA) is 67.4 Å². The van der Waals surface area contributed by atoms with Crippen LogP contribution < -0.4 is 15.4 Å². The van der Waals surface area contributed by atoms with Gasteiger partial charge in [-0.2, -0.15) is 0 Å². The number of rotatable bonds is 4. The third-order valence-electron chi connectivity index (χ3n) is 4.15. The normalized spacial score (nSPS) is 16.5. The van der Waals surface area contributed by atoms with Crippen LogP contribution >= 0.6 is 11.6 Å². The van der Waals surface area contributed by atoms with Crippen LogP contribution in [0.15, 0.2) is 18.2 Å². The van der Waals surface area contributed by atoms with Crippen molar-refractivity contribution in [2.24, 2.45) is 0 Å². The van der Waals surface area contributed by atoms with Crippen molar-refractivity contribution in [3.8, 4) is 5.75 Å². The Balaban J connectivity index is 2.12. The third kappa shape index (κ3) is 4.86. The van der Waals surface area contributed by atoms with Crippen LogP contribution in [0.25, 0.3) is 0 Å². The van der Waals surface area contributed by atoms with Crippen LogP contribution in [-0.2, 0) is 4.79 Å². The Morgan fingerprint density at radius 1 is 1.26 bits per heavy atom. The first-order chi connectivity index (χ1) is 11.0. The van der Waals surface area contributed by atoms with E-state index in [0.29, 0.717) is 16.7 Å². The van der Waals surface area contributed by atoms with E-state index >= 15 is 0 Å². The van der Waals surface area contributed by atoms with Gasteiger partial charge in [0.25, 0.3) is 5.91 Å². The molecule has 1 aromatic rings. The van der Waals surface area contributed by atoms with Gasteiger partial charge in [0.1, 0.15) is 5.75 Å².